The summed E-state index contributed by atoms with van der Waals surface area (Å²) in [6.07, 6.45) is 2.10. The average molecular weight is 455 g/mol. The molecular formula is C24H24Cl2N4O. The minimum absolute atomic E-state index is 0.0284. The molecule has 2 N–H and O–H groups in total. The van der Waals surface area contributed by atoms with Crippen molar-refractivity contribution in [2.24, 2.45) is 5.41 Å². The number of fused-ring (bicyclic) bond motifs is 1. The minimum Gasteiger partial charge on any atom is -0.339 e. The molecule has 3 aromatic rings. The topological polar surface area (TPSA) is 66.9 Å². The fourth-order valence-electron chi connectivity index (χ4n) is 3.83. The van der Waals surface area contributed by atoms with Gasteiger partial charge in [-0.1, -0.05) is 56.1 Å². The Bertz CT molecular complexity index is 1120. The van der Waals surface area contributed by atoms with Crippen molar-refractivity contribution in [3.63, 3.8) is 0 Å². The lowest BCUT2D eigenvalue weighted by Crippen LogP contribution is -2.29. The Labute approximate surface area is 192 Å². The first-order valence-electron chi connectivity index (χ1n) is 10.3. The maximum atomic E-state index is 13.0. The largest absolute Gasteiger partial charge is 0.339 e. The fourth-order valence-corrected chi connectivity index (χ4v) is 4.35. The summed E-state index contributed by atoms with van der Waals surface area (Å²) in [6, 6.07) is 13.3. The van der Waals surface area contributed by atoms with E-state index in [4.69, 9.17) is 28.2 Å². The van der Waals surface area contributed by atoms with Gasteiger partial charge in [-0.25, -0.2) is 4.98 Å². The Kier molecular flexibility index (Phi) is 5.91. The summed E-state index contributed by atoms with van der Waals surface area (Å²) in [5.74, 6) is 0.918. The van der Waals surface area contributed by atoms with Crippen molar-refractivity contribution in [2.75, 3.05) is 10.6 Å². The molecular weight excluding hydrogens is 431 g/mol. The zero-order chi connectivity index (χ0) is 22.2. The molecule has 0 saturated carbocycles. The molecule has 7 heteroatoms. The zero-order valence-corrected chi connectivity index (χ0v) is 19.2. The Morgan fingerprint density at radius 3 is 2.26 bits per heavy atom. The molecule has 5 nitrogen and oxygen atoms in total. The van der Waals surface area contributed by atoms with Crippen LogP contribution < -0.4 is 10.6 Å². The predicted molar refractivity (Wildman–Crippen MR) is 127 cm³/mol. The number of Topliss-reactive ketones (excluding diaryl/α,β-unsaturated/α-hetero) is 1. The molecule has 0 spiro atoms. The molecule has 0 fully saturated rings. The van der Waals surface area contributed by atoms with Crippen molar-refractivity contribution < 1.29 is 4.79 Å². The van der Waals surface area contributed by atoms with Crippen LogP contribution in [0.25, 0.3) is 0 Å². The molecule has 0 unspecified atom stereocenters. The van der Waals surface area contributed by atoms with Gasteiger partial charge in [0.05, 0.1) is 11.3 Å². The monoisotopic (exact) mass is 454 g/mol. The molecule has 31 heavy (non-hydrogen) atoms. The van der Waals surface area contributed by atoms with Crippen LogP contribution in [0.3, 0.4) is 0 Å². The van der Waals surface area contributed by atoms with Gasteiger partial charge in [0.25, 0.3) is 0 Å². The highest BCUT2D eigenvalue weighted by molar-refractivity contribution is 6.35. The number of anilines is 4. The highest BCUT2D eigenvalue weighted by Crippen LogP contribution is 2.38. The van der Waals surface area contributed by atoms with E-state index in [1.54, 1.807) is 18.2 Å². The lowest BCUT2D eigenvalue weighted by molar-refractivity contribution is 0.0911. The van der Waals surface area contributed by atoms with Crippen molar-refractivity contribution in [3.8, 4) is 0 Å². The molecule has 0 saturated heterocycles. The summed E-state index contributed by atoms with van der Waals surface area (Å²) < 4.78 is 0. The van der Waals surface area contributed by atoms with E-state index in [1.807, 2.05) is 12.1 Å². The van der Waals surface area contributed by atoms with Gasteiger partial charge in [0.1, 0.15) is 5.82 Å². The van der Waals surface area contributed by atoms with Crippen LogP contribution in [0.1, 0.15) is 48.8 Å². The van der Waals surface area contributed by atoms with Crippen LogP contribution in [0, 0.1) is 5.41 Å². The molecule has 1 aromatic heterocycles. The summed E-state index contributed by atoms with van der Waals surface area (Å²) >= 11 is 12.3. The lowest BCUT2D eigenvalue weighted by Gasteiger charge is -2.30. The van der Waals surface area contributed by atoms with E-state index in [-0.39, 0.29) is 11.2 Å². The number of aromatic nitrogens is 2. The number of aryl methyl sites for hydroxylation is 1. The second-order valence-electron chi connectivity index (χ2n) is 8.62. The summed E-state index contributed by atoms with van der Waals surface area (Å²) in [5, 5.41) is 7.51. The Morgan fingerprint density at radius 2 is 1.61 bits per heavy atom. The number of halogens is 2. The molecule has 0 atom stereocenters. The first-order chi connectivity index (χ1) is 14.7. The first-order valence-corrected chi connectivity index (χ1v) is 11.0. The van der Waals surface area contributed by atoms with Crippen LogP contribution in [0.2, 0.25) is 10.0 Å². The van der Waals surface area contributed by atoms with E-state index in [1.165, 1.54) is 5.56 Å². The van der Waals surface area contributed by atoms with Gasteiger partial charge in [-0.3, -0.25) is 4.79 Å². The van der Waals surface area contributed by atoms with Crippen molar-refractivity contribution in [3.05, 3.63) is 69.3 Å². The van der Waals surface area contributed by atoms with Crippen molar-refractivity contribution >= 4 is 52.1 Å². The number of rotatable bonds is 5. The van der Waals surface area contributed by atoms with Crippen molar-refractivity contribution in [1.29, 1.82) is 0 Å². The Hall–Kier alpha value is -2.63. The highest BCUT2D eigenvalue weighted by atomic mass is 35.5. The van der Waals surface area contributed by atoms with Crippen LogP contribution in [-0.2, 0) is 12.8 Å². The molecule has 2 aromatic carbocycles. The van der Waals surface area contributed by atoms with Crippen LogP contribution in [0.4, 0.5) is 23.1 Å². The number of nitrogens with one attached hydrogen (secondary N) is 2. The van der Waals surface area contributed by atoms with Gasteiger partial charge in [0.2, 0.25) is 5.95 Å². The number of benzene rings is 2. The van der Waals surface area contributed by atoms with Crippen molar-refractivity contribution in [2.45, 2.75) is 40.0 Å². The molecule has 1 aliphatic rings. The molecule has 1 aliphatic carbocycles. The molecule has 1 heterocycles. The van der Waals surface area contributed by atoms with Crippen LogP contribution in [0.15, 0.2) is 42.5 Å². The number of hydrogen-bond donors (Lipinski definition) is 2. The number of ketones is 1. The molecule has 160 valence electrons. The summed E-state index contributed by atoms with van der Waals surface area (Å²) in [7, 11) is 0. The fraction of sp³-hybridized carbons (Fsp3) is 0.292. The molecule has 0 bridgehead atoms. The smallest absolute Gasteiger partial charge is 0.229 e. The summed E-state index contributed by atoms with van der Waals surface area (Å²) in [5.41, 5.74) is 3.91. The summed E-state index contributed by atoms with van der Waals surface area (Å²) in [4.78, 5) is 22.3. The van der Waals surface area contributed by atoms with E-state index < -0.39 is 0 Å². The number of hydrogen-bond acceptors (Lipinski definition) is 5. The molecule has 4 rings (SSSR count). The maximum Gasteiger partial charge on any atom is 0.229 e. The van der Waals surface area contributed by atoms with Crippen LogP contribution in [0.5, 0.6) is 0 Å². The first kappa shape index (κ1) is 21.6. The van der Waals surface area contributed by atoms with Crippen LogP contribution in [-0.4, -0.2) is 15.8 Å². The molecule has 0 amide bonds. The lowest BCUT2D eigenvalue weighted by atomic mass is 9.75. The van der Waals surface area contributed by atoms with E-state index >= 15 is 0 Å². The minimum atomic E-state index is -0.158. The van der Waals surface area contributed by atoms with Gasteiger partial charge >= 0.3 is 0 Å². The van der Waals surface area contributed by atoms with Crippen molar-refractivity contribution in [1.82, 2.24) is 9.97 Å². The Balaban J connectivity index is 1.76. The van der Waals surface area contributed by atoms with Gasteiger partial charge < -0.3 is 10.6 Å². The predicted octanol–water partition coefficient (Wildman–Crippen LogP) is 6.99. The third-order valence-electron chi connectivity index (χ3n) is 5.29. The number of carbonyl (C=O) groups is 1. The molecule has 0 aliphatic heterocycles. The van der Waals surface area contributed by atoms with Gasteiger partial charge in [0, 0.05) is 27.8 Å². The Morgan fingerprint density at radius 1 is 0.935 bits per heavy atom. The van der Waals surface area contributed by atoms with Crippen LogP contribution >= 0.6 is 23.2 Å². The SMILES string of the molecule is CCc1ccc(Nc2nc3c(c(Nc4cc(Cl)cc(Cl)c4)n2)C(=O)CC(C)(C)C3)cc1. The second-order valence-corrected chi connectivity index (χ2v) is 9.49. The van der Waals surface area contributed by atoms with E-state index in [9.17, 15) is 4.79 Å². The normalized spacial score (nSPS) is 14.8. The quantitative estimate of drug-likeness (QED) is 0.434. The summed E-state index contributed by atoms with van der Waals surface area (Å²) in [6.45, 7) is 6.28. The van der Waals surface area contributed by atoms with E-state index in [0.29, 0.717) is 45.9 Å². The third kappa shape index (κ3) is 5.00. The second kappa shape index (κ2) is 8.48. The number of nitrogens with zero attached hydrogens (tertiary/aromatic N) is 2. The van der Waals surface area contributed by atoms with Gasteiger partial charge in [-0.05, 0) is 54.2 Å². The van der Waals surface area contributed by atoms with E-state index in [0.717, 1.165) is 17.8 Å². The zero-order valence-electron chi connectivity index (χ0n) is 17.7. The number of carbonyl (C=O) groups excluding carboxylic acids is 1. The highest BCUT2D eigenvalue weighted by Gasteiger charge is 2.35. The standard InChI is InChI=1S/C24H24Cl2N4O/c1-4-14-5-7-17(8-6-14)28-23-29-19-12-24(2,3)13-20(31)21(19)22(30-23)27-18-10-15(25)9-16(26)11-18/h5-11H,4,12-13H2,1-3H3,(H2,27,28,29,30). The molecule has 0 radical (unpaired) electrons. The van der Waals surface area contributed by atoms with Gasteiger partial charge in [-0.2, -0.15) is 4.98 Å². The van der Waals surface area contributed by atoms with Gasteiger partial charge in [0.15, 0.2) is 5.78 Å². The van der Waals surface area contributed by atoms with Gasteiger partial charge in [-0.15, -0.1) is 0 Å². The third-order valence-corrected chi connectivity index (χ3v) is 5.73. The average Bonchev–Trinajstić information content (AvgIpc) is 2.66. The maximum absolute atomic E-state index is 13.0. The van der Waals surface area contributed by atoms with E-state index in [2.05, 4.69) is 48.5 Å².